The maximum atomic E-state index is 10.9. The fourth-order valence-electron chi connectivity index (χ4n) is 1.46. The second-order valence-corrected chi connectivity index (χ2v) is 5.06. The van der Waals surface area contributed by atoms with Crippen LogP contribution in [0.3, 0.4) is 0 Å². The summed E-state index contributed by atoms with van der Waals surface area (Å²) in [6, 6.07) is 0. The summed E-state index contributed by atoms with van der Waals surface area (Å²) in [5.74, 6) is 0.238. The number of thiazole rings is 1. The lowest BCUT2D eigenvalue weighted by Crippen LogP contribution is -2.12. The molecule has 2 rings (SSSR count). The van der Waals surface area contributed by atoms with E-state index in [1.165, 1.54) is 17.7 Å². The van der Waals surface area contributed by atoms with Crippen LogP contribution in [0.15, 0.2) is 17.9 Å². The standard InChI is InChI=1S/C10H10ClN5O2S/c1-6(10-12-2-3-19-10)4-13-9-7(16(17)18)8(11)14-5-15-9/h2-3,5-6H,4H2,1H3,(H,13,14,15). The van der Waals surface area contributed by atoms with E-state index in [0.717, 1.165) is 5.01 Å². The van der Waals surface area contributed by atoms with E-state index >= 15 is 0 Å². The Labute approximate surface area is 117 Å². The molecule has 7 nitrogen and oxygen atoms in total. The van der Waals surface area contributed by atoms with E-state index in [0.29, 0.717) is 6.54 Å². The van der Waals surface area contributed by atoms with E-state index in [-0.39, 0.29) is 22.6 Å². The average molecular weight is 300 g/mol. The number of hydrogen-bond acceptors (Lipinski definition) is 7. The molecule has 1 atom stereocenters. The molecular weight excluding hydrogens is 290 g/mol. The Morgan fingerprint density at radius 1 is 1.53 bits per heavy atom. The summed E-state index contributed by atoms with van der Waals surface area (Å²) in [5, 5.41) is 16.5. The molecule has 0 aliphatic rings. The van der Waals surface area contributed by atoms with Crippen molar-refractivity contribution in [2.75, 3.05) is 11.9 Å². The first-order valence-corrected chi connectivity index (χ1v) is 6.63. The highest BCUT2D eigenvalue weighted by atomic mass is 35.5. The van der Waals surface area contributed by atoms with Crippen LogP contribution in [0.25, 0.3) is 0 Å². The van der Waals surface area contributed by atoms with E-state index in [2.05, 4.69) is 20.3 Å². The summed E-state index contributed by atoms with van der Waals surface area (Å²) >= 11 is 7.23. The predicted octanol–water partition coefficient (Wildman–Crippen LogP) is 2.71. The molecule has 100 valence electrons. The van der Waals surface area contributed by atoms with Crippen molar-refractivity contribution in [2.45, 2.75) is 12.8 Å². The van der Waals surface area contributed by atoms with E-state index in [9.17, 15) is 10.1 Å². The van der Waals surface area contributed by atoms with Gasteiger partial charge in [-0.2, -0.15) is 0 Å². The lowest BCUT2D eigenvalue weighted by Gasteiger charge is -2.10. The third-order valence-corrected chi connectivity index (χ3v) is 3.69. The molecule has 0 fully saturated rings. The molecule has 0 aliphatic heterocycles. The van der Waals surface area contributed by atoms with Crippen LogP contribution in [0.4, 0.5) is 11.5 Å². The van der Waals surface area contributed by atoms with Crippen LogP contribution in [0, 0.1) is 10.1 Å². The van der Waals surface area contributed by atoms with Gasteiger partial charge in [0.25, 0.3) is 0 Å². The Hall–Kier alpha value is -1.80. The third kappa shape index (κ3) is 3.15. The molecule has 1 unspecified atom stereocenters. The Morgan fingerprint density at radius 3 is 2.95 bits per heavy atom. The highest BCUT2D eigenvalue weighted by Gasteiger charge is 2.22. The van der Waals surface area contributed by atoms with Crippen molar-refractivity contribution in [1.82, 2.24) is 15.0 Å². The molecule has 0 spiro atoms. The zero-order valence-electron chi connectivity index (χ0n) is 9.91. The van der Waals surface area contributed by atoms with Crippen molar-refractivity contribution in [1.29, 1.82) is 0 Å². The molecule has 0 aliphatic carbocycles. The summed E-state index contributed by atoms with van der Waals surface area (Å²) in [4.78, 5) is 21.9. The van der Waals surface area contributed by atoms with Gasteiger partial charge in [0, 0.05) is 24.0 Å². The van der Waals surface area contributed by atoms with E-state index in [1.807, 2.05) is 12.3 Å². The van der Waals surface area contributed by atoms with Crippen LogP contribution in [-0.4, -0.2) is 26.4 Å². The molecule has 0 bridgehead atoms. The van der Waals surface area contributed by atoms with Gasteiger partial charge in [0.15, 0.2) is 0 Å². The van der Waals surface area contributed by atoms with Crippen LogP contribution in [-0.2, 0) is 0 Å². The molecule has 9 heteroatoms. The highest BCUT2D eigenvalue weighted by molar-refractivity contribution is 7.09. The van der Waals surface area contributed by atoms with Crippen molar-refractivity contribution >= 4 is 34.4 Å². The second-order valence-electron chi connectivity index (χ2n) is 3.77. The zero-order valence-corrected chi connectivity index (χ0v) is 11.5. The molecular formula is C10H10ClN5O2S. The molecule has 0 radical (unpaired) electrons. The zero-order chi connectivity index (χ0) is 13.8. The van der Waals surface area contributed by atoms with E-state index in [1.54, 1.807) is 6.20 Å². The number of rotatable bonds is 5. The maximum absolute atomic E-state index is 10.9. The minimum Gasteiger partial charge on any atom is -0.363 e. The average Bonchev–Trinajstić information content (AvgIpc) is 2.89. The summed E-state index contributed by atoms with van der Waals surface area (Å²) in [6.07, 6.45) is 2.91. The van der Waals surface area contributed by atoms with Crippen molar-refractivity contribution in [3.8, 4) is 0 Å². The molecule has 2 aromatic rings. The number of halogens is 1. The van der Waals surface area contributed by atoms with Gasteiger partial charge in [0.05, 0.1) is 9.93 Å². The van der Waals surface area contributed by atoms with Gasteiger partial charge in [-0.15, -0.1) is 11.3 Å². The minimum atomic E-state index is -0.598. The van der Waals surface area contributed by atoms with E-state index in [4.69, 9.17) is 11.6 Å². The summed E-state index contributed by atoms with van der Waals surface area (Å²) in [7, 11) is 0. The topological polar surface area (TPSA) is 93.8 Å². The van der Waals surface area contributed by atoms with Gasteiger partial charge in [-0.1, -0.05) is 18.5 Å². The smallest absolute Gasteiger partial charge is 0.348 e. The molecule has 0 saturated heterocycles. The number of nitrogens with one attached hydrogen (secondary N) is 1. The summed E-state index contributed by atoms with van der Waals surface area (Å²) in [5.41, 5.74) is -0.310. The first kappa shape index (κ1) is 13.6. The van der Waals surface area contributed by atoms with Crippen molar-refractivity contribution < 1.29 is 4.92 Å². The summed E-state index contributed by atoms with van der Waals surface area (Å²) in [6.45, 7) is 2.45. The van der Waals surface area contributed by atoms with Crippen LogP contribution in [0.1, 0.15) is 17.8 Å². The quantitative estimate of drug-likeness (QED) is 0.518. The minimum absolute atomic E-state index is 0.119. The number of nitro groups is 1. The van der Waals surface area contributed by atoms with Gasteiger partial charge >= 0.3 is 5.69 Å². The van der Waals surface area contributed by atoms with Gasteiger partial charge in [0.1, 0.15) is 6.33 Å². The Morgan fingerprint density at radius 2 is 2.32 bits per heavy atom. The fourth-order valence-corrected chi connectivity index (χ4v) is 2.36. The molecule has 0 saturated carbocycles. The third-order valence-electron chi connectivity index (χ3n) is 2.41. The first-order chi connectivity index (χ1) is 9.09. The number of hydrogen-bond donors (Lipinski definition) is 1. The van der Waals surface area contributed by atoms with Crippen LogP contribution >= 0.6 is 22.9 Å². The Bertz CT molecular complexity index is 577. The molecule has 19 heavy (non-hydrogen) atoms. The molecule has 0 aromatic carbocycles. The van der Waals surface area contributed by atoms with Gasteiger partial charge < -0.3 is 5.32 Å². The maximum Gasteiger partial charge on any atom is 0.348 e. The lowest BCUT2D eigenvalue weighted by molar-refractivity contribution is -0.384. The number of anilines is 1. The highest BCUT2D eigenvalue weighted by Crippen LogP contribution is 2.29. The van der Waals surface area contributed by atoms with Crippen molar-refractivity contribution in [3.05, 3.63) is 38.2 Å². The lowest BCUT2D eigenvalue weighted by atomic mass is 10.2. The molecule has 2 heterocycles. The van der Waals surface area contributed by atoms with Crippen molar-refractivity contribution in [2.24, 2.45) is 0 Å². The first-order valence-electron chi connectivity index (χ1n) is 5.37. The monoisotopic (exact) mass is 299 g/mol. The number of nitrogens with zero attached hydrogens (tertiary/aromatic N) is 4. The largest absolute Gasteiger partial charge is 0.363 e. The van der Waals surface area contributed by atoms with Crippen molar-refractivity contribution in [3.63, 3.8) is 0 Å². The van der Waals surface area contributed by atoms with Crippen LogP contribution in [0.5, 0.6) is 0 Å². The normalized spacial score (nSPS) is 12.1. The fraction of sp³-hybridized carbons (Fsp3) is 0.300. The number of aromatic nitrogens is 3. The van der Waals surface area contributed by atoms with Crippen LogP contribution < -0.4 is 5.32 Å². The Kier molecular flexibility index (Phi) is 4.23. The summed E-state index contributed by atoms with van der Waals surface area (Å²) < 4.78 is 0. The van der Waals surface area contributed by atoms with Gasteiger partial charge in [0.2, 0.25) is 11.0 Å². The van der Waals surface area contributed by atoms with E-state index < -0.39 is 4.92 Å². The molecule has 0 amide bonds. The Balaban J connectivity index is 2.12. The SMILES string of the molecule is CC(CNc1ncnc(Cl)c1[N+](=O)[O-])c1nccs1. The molecule has 1 N–H and O–H groups in total. The molecule has 2 aromatic heterocycles. The van der Waals surface area contributed by atoms with Gasteiger partial charge in [-0.25, -0.2) is 15.0 Å². The van der Waals surface area contributed by atoms with Gasteiger partial charge in [-0.05, 0) is 0 Å². The van der Waals surface area contributed by atoms with Gasteiger partial charge in [-0.3, -0.25) is 10.1 Å². The predicted molar refractivity (Wildman–Crippen MR) is 72.7 cm³/mol. The second kappa shape index (κ2) is 5.89. The van der Waals surface area contributed by atoms with Crippen LogP contribution in [0.2, 0.25) is 5.15 Å².